The van der Waals surface area contributed by atoms with Crippen LogP contribution in [0.3, 0.4) is 0 Å². The third kappa shape index (κ3) is 3.56. The van der Waals surface area contributed by atoms with Gasteiger partial charge in [-0.2, -0.15) is 5.10 Å². The molecule has 1 N–H and O–H groups in total. The molecule has 0 spiro atoms. The zero-order valence-corrected chi connectivity index (χ0v) is 14.3. The molecule has 0 aromatic carbocycles. The fraction of sp³-hybridized carbons (Fsp3) is 0.714. The third-order valence-corrected chi connectivity index (χ3v) is 6.37. The van der Waals surface area contributed by atoms with E-state index < -0.39 is 10.8 Å². The number of aromatic nitrogens is 2. The van der Waals surface area contributed by atoms with Gasteiger partial charge in [0.1, 0.15) is 5.69 Å². The highest BCUT2D eigenvalue weighted by Gasteiger charge is 2.22. The summed E-state index contributed by atoms with van der Waals surface area (Å²) in [7, 11) is -0.683. The van der Waals surface area contributed by atoms with Crippen LogP contribution in [0, 0.1) is 5.92 Å². The van der Waals surface area contributed by atoms with Gasteiger partial charge in [0.25, 0.3) is 5.56 Å². The van der Waals surface area contributed by atoms with Gasteiger partial charge in [-0.3, -0.25) is 9.00 Å². The fourth-order valence-corrected chi connectivity index (χ4v) is 4.47. The Morgan fingerprint density at radius 3 is 2.67 bits per heavy atom. The number of nitrogens with one attached hydrogen (secondary N) is 1. The number of hydrogen-bond donors (Lipinski definition) is 1. The molecule has 3 rings (SSSR count). The third-order valence-electron chi connectivity index (χ3n) is 4.39. The predicted molar refractivity (Wildman–Crippen MR) is 88.1 cm³/mol. The summed E-state index contributed by atoms with van der Waals surface area (Å²) in [5, 5.41) is 7.57. The molecule has 0 radical (unpaired) electrons. The number of rotatable bonds is 4. The summed E-state index contributed by atoms with van der Waals surface area (Å²) in [5.41, 5.74) is 0.546. The van der Waals surface area contributed by atoms with E-state index in [1.807, 2.05) is 0 Å². The van der Waals surface area contributed by atoms with Crippen LogP contribution in [0.1, 0.15) is 32.1 Å². The van der Waals surface area contributed by atoms with E-state index in [-0.39, 0.29) is 11.6 Å². The second kappa shape index (κ2) is 6.60. The molecule has 7 heteroatoms. The molecule has 21 heavy (non-hydrogen) atoms. The van der Waals surface area contributed by atoms with Gasteiger partial charge < -0.3 is 5.32 Å². The summed E-state index contributed by atoms with van der Waals surface area (Å²) >= 11 is 3.42. The van der Waals surface area contributed by atoms with E-state index in [9.17, 15) is 9.00 Å². The normalized spacial score (nSPS) is 26.3. The first-order valence-electron chi connectivity index (χ1n) is 7.50. The first-order chi connectivity index (χ1) is 10.1. The van der Waals surface area contributed by atoms with Crippen LogP contribution in [-0.4, -0.2) is 31.5 Å². The maximum absolute atomic E-state index is 12.6. The van der Waals surface area contributed by atoms with Crippen LogP contribution in [0.5, 0.6) is 0 Å². The molecule has 116 valence electrons. The van der Waals surface area contributed by atoms with Crippen molar-refractivity contribution >= 4 is 32.4 Å². The van der Waals surface area contributed by atoms with Crippen LogP contribution >= 0.6 is 15.9 Å². The minimum absolute atomic E-state index is 0.0528. The smallest absolute Gasteiger partial charge is 0.291 e. The van der Waals surface area contributed by atoms with E-state index in [0.29, 0.717) is 16.1 Å². The molecule has 2 fully saturated rings. The molecule has 0 unspecified atom stereocenters. The van der Waals surface area contributed by atoms with Crippen molar-refractivity contribution in [3.63, 3.8) is 0 Å². The Labute approximate surface area is 135 Å². The summed E-state index contributed by atoms with van der Waals surface area (Å²) in [6, 6.07) is 0.228. The Bertz CT molecular complexity index is 590. The van der Waals surface area contributed by atoms with Gasteiger partial charge in [-0.25, -0.2) is 4.68 Å². The van der Waals surface area contributed by atoms with Gasteiger partial charge in [0.05, 0.1) is 10.7 Å². The quantitative estimate of drug-likeness (QED) is 0.877. The van der Waals surface area contributed by atoms with Crippen molar-refractivity contribution in [3.05, 3.63) is 21.0 Å². The average Bonchev–Trinajstić information content (AvgIpc) is 2.43. The lowest BCUT2D eigenvalue weighted by molar-refractivity contribution is 0.262. The molecule has 1 aromatic heterocycles. The van der Waals surface area contributed by atoms with E-state index >= 15 is 0 Å². The largest absolute Gasteiger partial charge is 0.377 e. The monoisotopic (exact) mass is 373 g/mol. The lowest BCUT2D eigenvalue weighted by Crippen LogP contribution is -2.35. The molecule has 2 heterocycles. The number of hydrogen-bond acceptors (Lipinski definition) is 4. The van der Waals surface area contributed by atoms with Gasteiger partial charge in [-0.15, -0.1) is 0 Å². The Balaban J connectivity index is 1.75. The van der Waals surface area contributed by atoms with Crippen molar-refractivity contribution in [1.29, 1.82) is 0 Å². The highest BCUT2D eigenvalue weighted by Crippen LogP contribution is 2.27. The molecule has 5 nitrogen and oxygen atoms in total. The zero-order chi connectivity index (χ0) is 14.8. The van der Waals surface area contributed by atoms with Crippen LogP contribution in [0.4, 0.5) is 5.69 Å². The van der Waals surface area contributed by atoms with Crippen LogP contribution in [0.2, 0.25) is 0 Å². The highest BCUT2D eigenvalue weighted by molar-refractivity contribution is 9.10. The Kier molecular flexibility index (Phi) is 4.78. The van der Waals surface area contributed by atoms with Crippen molar-refractivity contribution in [2.24, 2.45) is 5.92 Å². The van der Waals surface area contributed by atoms with Crippen LogP contribution in [0.15, 0.2) is 15.5 Å². The molecule has 1 aliphatic carbocycles. The van der Waals surface area contributed by atoms with Crippen LogP contribution < -0.4 is 10.9 Å². The minimum atomic E-state index is -0.683. The van der Waals surface area contributed by atoms with E-state index in [1.54, 1.807) is 10.9 Å². The first kappa shape index (κ1) is 15.2. The molecule has 1 aromatic rings. The lowest BCUT2D eigenvalue weighted by Gasteiger charge is -2.26. The van der Waals surface area contributed by atoms with Crippen molar-refractivity contribution in [3.8, 4) is 0 Å². The Hall–Kier alpha value is -0.690. The average molecular weight is 374 g/mol. The van der Waals surface area contributed by atoms with Crippen molar-refractivity contribution in [2.45, 2.75) is 44.7 Å². The second-order valence-corrected chi connectivity index (χ2v) is 8.47. The highest BCUT2D eigenvalue weighted by atomic mass is 79.9. The number of anilines is 1. The molecular formula is C14H20BrN3O2S. The first-order valence-corrected chi connectivity index (χ1v) is 9.78. The molecule has 1 saturated heterocycles. The molecular weight excluding hydrogens is 354 g/mol. The van der Waals surface area contributed by atoms with Gasteiger partial charge in [-0.05, 0) is 47.5 Å². The summed E-state index contributed by atoms with van der Waals surface area (Å²) < 4.78 is 13.7. The maximum Gasteiger partial charge on any atom is 0.291 e. The SMILES string of the molecule is O=c1c(NC2CCS(=O)CC2)c(Br)cnn1CC1CCC1. The Morgan fingerprint density at radius 1 is 1.33 bits per heavy atom. The summed E-state index contributed by atoms with van der Waals surface area (Å²) in [4.78, 5) is 12.6. The standard InChI is InChI=1S/C14H20BrN3O2S/c15-12-8-16-18(9-10-2-1-3-10)14(19)13(12)17-11-4-6-21(20)7-5-11/h8,10-11,17H,1-7,9H2. The van der Waals surface area contributed by atoms with Crippen LogP contribution in [0.25, 0.3) is 0 Å². The zero-order valence-electron chi connectivity index (χ0n) is 11.9. The van der Waals surface area contributed by atoms with Gasteiger partial charge in [-0.1, -0.05) is 6.42 Å². The Morgan fingerprint density at radius 2 is 2.05 bits per heavy atom. The molecule has 0 amide bonds. The maximum atomic E-state index is 12.6. The summed E-state index contributed by atoms with van der Waals surface area (Å²) in [6.45, 7) is 0.718. The van der Waals surface area contributed by atoms with E-state index in [2.05, 4.69) is 26.3 Å². The minimum Gasteiger partial charge on any atom is -0.377 e. The van der Waals surface area contributed by atoms with Crippen molar-refractivity contribution in [2.75, 3.05) is 16.8 Å². The predicted octanol–water partition coefficient (Wildman–Crippen LogP) is 2.13. The molecule has 1 saturated carbocycles. The summed E-state index contributed by atoms with van der Waals surface area (Å²) in [5.74, 6) is 2.04. The van der Waals surface area contributed by atoms with E-state index in [0.717, 1.165) is 30.9 Å². The number of halogens is 1. The van der Waals surface area contributed by atoms with Crippen LogP contribution in [-0.2, 0) is 17.3 Å². The molecule has 1 aliphatic heterocycles. The molecule has 0 atom stereocenters. The van der Waals surface area contributed by atoms with Crippen molar-refractivity contribution < 1.29 is 4.21 Å². The fourth-order valence-electron chi connectivity index (χ4n) is 2.79. The van der Waals surface area contributed by atoms with E-state index in [4.69, 9.17) is 0 Å². The summed E-state index contributed by atoms with van der Waals surface area (Å²) in [6.07, 6.45) is 7.05. The van der Waals surface area contributed by atoms with Gasteiger partial charge in [0.2, 0.25) is 0 Å². The topological polar surface area (TPSA) is 64.0 Å². The van der Waals surface area contributed by atoms with Gasteiger partial charge in [0, 0.05) is 34.9 Å². The van der Waals surface area contributed by atoms with Gasteiger partial charge in [0.15, 0.2) is 0 Å². The van der Waals surface area contributed by atoms with Gasteiger partial charge >= 0.3 is 0 Å². The second-order valence-electron chi connectivity index (χ2n) is 5.92. The number of nitrogens with zero attached hydrogens (tertiary/aromatic N) is 2. The molecule has 2 aliphatic rings. The lowest BCUT2D eigenvalue weighted by atomic mass is 9.85. The van der Waals surface area contributed by atoms with Crippen molar-refractivity contribution in [1.82, 2.24) is 9.78 Å². The molecule has 0 bridgehead atoms. The van der Waals surface area contributed by atoms with E-state index in [1.165, 1.54) is 19.3 Å².